The van der Waals surface area contributed by atoms with Crippen LogP contribution >= 0.6 is 0 Å². The van der Waals surface area contributed by atoms with E-state index in [4.69, 9.17) is 11.5 Å². The number of nitrogens with two attached hydrogens (primary N) is 2. The molecule has 0 saturated carbocycles. The van der Waals surface area contributed by atoms with Gasteiger partial charge in [0.15, 0.2) is 0 Å². The van der Waals surface area contributed by atoms with E-state index in [1.807, 2.05) is 19.0 Å². The largest absolute Gasteiger partial charge is 0.391 e. The SMILES string of the molecule is C[C@@H](O)[C@@H](C(N)=O)N(C)C(=O)[C@@H]1CCCN1C(=O)[C@H](CCCCN)N(C)C. The predicted molar refractivity (Wildman–Crippen MR) is 103 cm³/mol. The lowest BCUT2D eigenvalue weighted by molar-refractivity contribution is -0.150. The highest BCUT2D eigenvalue weighted by Crippen LogP contribution is 2.23. The normalized spacial score (nSPS) is 20.4. The van der Waals surface area contributed by atoms with E-state index in [1.54, 1.807) is 4.90 Å². The molecular weight excluding hydrogens is 350 g/mol. The number of carbonyl (C=O) groups is 3. The highest BCUT2D eigenvalue weighted by Gasteiger charge is 2.41. The molecule has 1 rings (SSSR count). The second-order valence-electron chi connectivity index (χ2n) is 7.49. The van der Waals surface area contributed by atoms with Gasteiger partial charge in [0.05, 0.1) is 12.1 Å². The number of likely N-dealkylation sites (tertiary alicyclic amines) is 1. The predicted octanol–water partition coefficient (Wildman–Crippen LogP) is -1.27. The second kappa shape index (κ2) is 10.6. The Morgan fingerprint density at radius 2 is 1.85 bits per heavy atom. The summed E-state index contributed by atoms with van der Waals surface area (Å²) in [6.45, 7) is 2.49. The fourth-order valence-electron chi connectivity index (χ4n) is 3.69. The van der Waals surface area contributed by atoms with Crippen molar-refractivity contribution in [1.82, 2.24) is 14.7 Å². The molecule has 0 unspecified atom stereocenters. The lowest BCUT2D eigenvalue weighted by Gasteiger charge is -2.35. The summed E-state index contributed by atoms with van der Waals surface area (Å²) in [4.78, 5) is 42.3. The standard InChI is InChI=1S/C18H35N5O4/c1-12(24)15(16(20)25)22(4)17(26)14-9-7-11-23(14)18(27)13(21(2)3)8-5-6-10-19/h12-15,24H,5-11,19H2,1-4H3,(H2,20,25)/t12-,13+,14+,15+/m1/s1. The minimum atomic E-state index is -1.12. The molecule has 0 aromatic rings. The molecule has 0 aromatic heterocycles. The van der Waals surface area contributed by atoms with Crippen molar-refractivity contribution in [3.05, 3.63) is 0 Å². The van der Waals surface area contributed by atoms with Gasteiger partial charge >= 0.3 is 0 Å². The molecule has 5 N–H and O–H groups in total. The van der Waals surface area contributed by atoms with Crippen LogP contribution in [-0.4, -0.2) is 96.0 Å². The molecule has 1 fully saturated rings. The van der Waals surface area contributed by atoms with Crippen molar-refractivity contribution < 1.29 is 19.5 Å². The minimum absolute atomic E-state index is 0.0889. The van der Waals surface area contributed by atoms with Crippen LogP contribution in [0.2, 0.25) is 0 Å². The Morgan fingerprint density at radius 1 is 1.22 bits per heavy atom. The van der Waals surface area contributed by atoms with Crippen LogP contribution in [0.1, 0.15) is 39.0 Å². The van der Waals surface area contributed by atoms with Crippen LogP contribution < -0.4 is 11.5 Å². The Balaban J connectivity index is 2.93. The van der Waals surface area contributed by atoms with Gasteiger partial charge in [-0.15, -0.1) is 0 Å². The zero-order chi connectivity index (χ0) is 20.7. The first kappa shape index (κ1) is 23.3. The van der Waals surface area contributed by atoms with E-state index in [0.29, 0.717) is 25.9 Å². The van der Waals surface area contributed by atoms with Gasteiger partial charge in [-0.25, -0.2) is 0 Å². The third-order valence-corrected chi connectivity index (χ3v) is 5.17. The number of primary amides is 1. The van der Waals surface area contributed by atoms with Crippen LogP contribution in [0.15, 0.2) is 0 Å². The van der Waals surface area contributed by atoms with E-state index in [2.05, 4.69) is 0 Å². The van der Waals surface area contributed by atoms with Crippen LogP contribution in [0.5, 0.6) is 0 Å². The zero-order valence-electron chi connectivity index (χ0n) is 16.9. The molecule has 9 nitrogen and oxygen atoms in total. The summed E-state index contributed by atoms with van der Waals surface area (Å²) in [5.41, 5.74) is 10.9. The smallest absolute Gasteiger partial charge is 0.245 e. The minimum Gasteiger partial charge on any atom is -0.391 e. The second-order valence-corrected chi connectivity index (χ2v) is 7.49. The van der Waals surface area contributed by atoms with Gasteiger partial charge in [0.2, 0.25) is 17.7 Å². The Morgan fingerprint density at radius 3 is 2.33 bits per heavy atom. The van der Waals surface area contributed by atoms with Crippen LogP contribution in [-0.2, 0) is 14.4 Å². The van der Waals surface area contributed by atoms with E-state index in [-0.39, 0.29) is 17.9 Å². The van der Waals surface area contributed by atoms with Gasteiger partial charge < -0.3 is 26.4 Å². The Hall–Kier alpha value is -1.71. The summed E-state index contributed by atoms with van der Waals surface area (Å²) in [6.07, 6.45) is 2.51. The van der Waals surface area contributed by atoms with Crippen molar-refractivity contribution in [2.75, 3.05) is 34.2 Å². The van der Waals surface area contributed by atoms with E-state index in [9.17, 15) is 19.5 Å². The first-order valence-electron chi connectivity index (χ1n) is 9.54. The van der Waals surface area contributed by atoms with Crippen LogP contribution in [0, 0.1) is 0 Å². The molecule has 9 heteroatoms. The number of aliphatic hydroxyl groups excluding tert-OH is 1. The van der Waals surface area contributed by atoms with Gasteiger partial charge in [0, 0.05) is 13.6 Å². The Bertz CT molecular complexity index is 526. The highest BCUT2D eigenvalue weighted by molar-refractivity contribution is 5.93. The zero-order valence-corrected chi connectivity index (χ0v) is 16.9. The molecule has 0 bridgehead atoms. The monoisotopic (exact) mass is 385 g/mol. The van der Waals surface area contributed by atoms with Crippen molar-refractivity contribution in [1.29, 1.82) is 0 Å². The van der Waals surface area contributed by atoms with Gasteiger partial charge in [0.25, 0.3) is 0 Å². The van der Waals surface area contributed by atoms with Gasteiger partial charge in [-0.3, -0.25) is 19.3 Å². The fourth-order valence-corrected chi connectivity index (χ4v) is 3.69. The van der Waals surface area contributed by atoms with E-state index in [0.717, 1.165) is 19.3 Å². The molecule has 1 aliphatic heterocycles. The molecule has 27 heavy (non-hydrogen) atoms. The number of nitrogens with zero attached hydrogens (tertiary/aromatic N) is 3. The van der Waals surface area contributed by atoms with Gasteiger partial charge in [-0.1, -0.05) is 6.42 Å². The van der Waals surface area contributed by atoms with Gasteiger partial charge in [0.1, 0.15) is 12.1 Å². The summed E-state index contributed by atoms with van der Waals surface area (Å²) in [7, 11) is 5.14. The molecule has 3 amide bonds. The Kier molecular flexibility index (Phi) is 9.14. The number of hydrogen-bond donors (Lipinski definition) is 3. The summed E-state index contributed by atoms with van der Waals surface area (Å²) in [5, 5.41) is 9.81. The number of aliphatic hydroxyl groups is 1. The van der Waals surface area contributed by atoms with Gasteiger partial charge in [-0.2, -0.15) is 0 Å². The van der Waals surface area contributed by atoms with Crippen LogP contribution in [0.4, 0.5) is 0 Å². The third kappa shape index (κ3) is 5.88. The molecule has 0 aromatic carbocycles. The number of unbranched alkanes of at least 4 members (excludes halogenated alkanes) is 1. The lowest BCUT2D eigenvalue weighted by atomic mass is 10.1. The Labute approximate surface area is 161 Å². The maximum absolute atomic E-state index is 13.1. The molecule has 1 saturated heterocycles. The molecule has 0 radical (unpaired) electrons. The van der Waals surface area contributed by atoms with Crippen molar-refractivity contribution in [3.8, 4) is 0 Å². The van der Waals surface area contributed by atoms with Gasteiger partial charge in [-0.05, 0) is 53.2 Å². The third-order valence-electron chi connectivity index (χ3n) is 5.17. The molecule has 0 spiro atoms. The molecule has 4 atom stereocenters. The van der Waals surface area contributed by atoms with Crippen molar-refractivity contribution in [2.45, 2.75) is 63.3 Å². The van der Waals surface area contributed by atoms with Crippen LogP contribution in [0.25, 0.3) is 0 Å². The molecular formula is C18H35N5O4. The van der Waals surface area contributed by atoms with E-state index in [1.165, 1.54) is 18.9 Å². The van der Waals surface area contributed by atoms with Crippen molar-refractivity contribution >= 4 is 17.7 Å². The number of rotatable bonds is 10. The highest BCUT2D eigenvalue weighted by atomic mass is 16.3. The fraction of sp³-hybridized carbons (Fsp3) is 0.833. The topological polar surface area (TPSA) is 133 Å². The summed E-state index contributed by atoms with van der Waals surface area (Å²) in [5.74, 6) is -1.23. The average Bonchev–Trinajstić information content (AvgIpc) is 3.06. The maximum Gasteiger partial charge on any atom is 0.245 e. The average molecular weight is 386 g/mol. The summed E-state index contributed by atoms with van der Waals surface area (Å²) >= 11 is 0. The van der Waals surface area contributed by atoms with E-state index >= 15 is 0 Å². The lowest BCUT2D eigenvalue weighted by Crippen LogP contribution is -2.57. The number of likely N-dealkylation sites (N-methyl/N-ethyl adjacent to an activating group) is 2. The van der Waals surface area contributed by atoms with E-state index < -0.39 is 24.1 Å². The van der Waals surface area contributed by atoms with Crippen molar-refractivity contribution in [2.24, 2.45) is 11.5 Å². The quantitative estimate of drug-likeness (QED) is 0.402. The first-order chi connectivity index (χ1) is 12.6. The van der Waals surface area contributed by atoms with Crippen molar-refractivity contribution in [3.63, 3.8) is 0 Å². The molecule has 1 aliphatic rings. The first-order valence-corrected chi connectivity index (χ1v) is 9.54. The molecule has 1 heterocycles. The molecule has 156 valence electrons. The summed E-state index contributed by atoms with van der Waals surface area (Å²) < 4.78 is 0. The van der Waals surface area contributed by atoms with Crippen LogP contribution in [0.3, 0.4) is 0 Å². The number of carbonyl (C=O) groups excluding carboxylic acids is 3. The number of hydrogen-bond acceptors (Lipinski definition) is 6. The number of amides is 3. The molecule has 0 aliphatic carbocycles. The summed E-state index contributed by atoms with van der Waals surface area (Å²) in [6, 6.07) is -2.08. The maximum atomic E-state index is 13.1.